The highest BCUT2D eigenvalue weighted by atomic mass is 35.5. The van der Waals surface area contributed by atoms with Crippen molar-refractivity contribution in [1.82, 2.24) is 5.32 Å². The quantitative estimate of drug-likeness (QED) is 0.568. The number of ether oxygens (including phenoxy) is 2. The number of halogens is 1. The van der Waals surface area contributed by atoms with Crippen LogP contribution in [0.3, 0.4) is 0 Å². The normalized spacial score (nSPS) is 11.1. The van der Waals surface area contributed by atoms with Gasteiger partial charge < -0.3 is 14.8 Å². The summed E-state index contributed by atoms with van der Waals surface area (Å²) in [5.74, 6) is 0.227. The maximum absolute atomic E-state index is 12.5. The largest absolute Gasteiger partial charge is 0.497 e. The summed E-state index contributed by atoms with van der Waals surface area (Å²) in [6, 6.07) is 10.4. The van der Waals surface area contributed by atoms with Gasteiger partial charge in [-0.25, -0.2) is 8.42 Å². The summed E-state index contributed by atoms with van der Waals surface area (Å²) in [7, 11) is -2.29. The molecule has 152 valence electrons. The van der Waals surface area contributed by atoms with Crippen molar-refractivity contribution in [2.75, 3.05) is 31.6 Å². The van der Waals surface area contributed by atoms with Crippen molar-refractivity contribution in [2.45, 2.75) is 18.2 Å². The first-order valence-electron chi connectivity index (χ1n) is 8.69. The Morgan fingerprint density at radius 1 is 1.14 bits per heavy atom. The van der Waals surface area contributed by atoms with Gasteiger partial charge in [0.25, 0.3) is 15.9 Å². The van der Waals surface area contributed by atoms with Gasteiger partial charge in [0, 0.05) is 19.8 Å². The first-order valence-corrected chi connectivity index (χ1v) is 10.6. The molecule has 0 aromatic heterocycles. The fourth-order valence-electron chi connectivity index (χ4n) is 2.35. The van der Waals surface area contributed by atoms with E-state index in [9.17, 15) is 13.2 Å². The minimum atomic E-state index is -3.79. The van der Waals surface area contributed by atoms with Crippen LogP contribution in [0.2, 0.25) is 5.02 Å². The number of methoxy groups -OCH3 is 1. The molecule has 0 aliphatic carbocycles. The molecular formula is C19H23ClN2O5S. The summed E-state index contributed by atoms with van der Waals surface area (Å²) in [6.45, 7) is 3.56. The van der Waals surface area contributed by atoms with Crippen LogP contribution in [0.4, 0.5) is 5.69 Å². The lowest BCUT2D eigenvalue weighted by atomic mass is 10.2. The second kappa shape index (κ2) is 10.3. The predicted molar refractivity (Wildman–Crippen MR) is 109 cm³/mol. The fourth-order valence-corrected chi connectivity index (χ4v) is 3.66. The van der Waals surface area contributed by atoms with Gasteiger partial charge in [-0.2, -0.15) is 0 Å². The van der Waals surface area contributed by atoms with Crippen LogP contribution in [0, 0.1) is 0 Å². The van der Waals surface area contributed by atoms with E-state index in [1.54, 1.807) is 12.1 Å². The standard InChI is InChI=1S/C19H23ClN2O5S/c1-3-27-12-4-11-21-19(23)17-10-5-14(13-18(17)20)22-28(24,25)16-8-6-15(26-2)7-9-16/h5-10,13,22H,3-4,11-12H2,1-2H3,(H,21,23). The molecule has 0 atom stereocenters. The van der Waals surface area contributed by atoms with E-state index in [2.05, 4.69) is 10.0 Å². The number of amides is 1. The molecular weight excluding hydrogens is 404 g/mol. The summed E-state index contributed by atoms with van der Waals surface area (Å²) >= 11 is 6.16. The van der Waals surface area contributed by atoms with Crippen LogP contribution in [0.15, 0.2) is 47.4 Å². The Kier molecular flexibility index (Phi) is 8.10. The van der Waals surface area contributed by atoms with Crippen LogP contribution in [0.25, 0.3) is 0 Å². The third kappa shape index (κ3) is 6.12. The minimum absolute atomic E-state index is 0.0838. The van der Waals surface area contributed by atoms with Crippen molar-refractivity contribution in [2.24, 2.45) is 0 Å². The highest BCUT2D eigenvalue weighted by Crippen LogP contribution is 2.24. The third-order valence-corrected chi connectivity index (χ3v) is 5.50. The number of anilines is 1. The van der Waals surface area contributed by atoms with Crippen LogP contribution in [-0.4, -0.2) is 41.2 Å². The van der Waals surface area contributed by atoms with Gasteiger partial charge in [0.1, 0.15) is 5.75 Å². The van der Waals surface area contributed by atoms with E-state index in [1.807, 2.05) is 6.92 Å². The Morgan fingerprint density at radius 3 is 2.46 bits per heavy atom. The van der Waals surface area contributed by atoms with Crippen molar-refractivity contribution >= 4 is 33.2 Å². The highest BCUT2D eigenvalue weighted by Gasteiger charge is 2.16. The van der Waals surface area contributed by atoms with E-state index >= 15 is 0 Å². The summed E-state index contributed by atoms with van der Waals surface area (Å²) in [5, 5.41) is 2.90. The average Bonchev–Trinajstić information content (AvgIpc) is 2.67. The lowest BCUT2D eigenvalue weighted by Gasteiger charge is -2.11. The van der Waals surface area contributed by atoms with E-state index in [0.29, 0.717) is 31.9 Å². The number of rotatable bonds is 10. The monoisotopic (exact) mass is 426 g/mol. The molecule has 2 rings (SSSR count). The van der Waals surface area contributed by atoms with E-state index < -0.39 is 10.0 Å². The van der Waals surface area contributed by atoms with Gasteiger partial charge in [0.05, 0.1) is 28.3 Å². The van der Waals surface area contributed by atoms with Gasteiger partial charge in [0.15, 0.2) is 0 Å². The number of hydrogen-bond acceptors (Lipinski definition) is 5. The van der Waals surface area contributed by atoms with Gasteiger partial charge in [-0.05, 0) is 55.8 Å². The van der Waals surface area contributed by atoms with Crippen molar-refractivity contribution in [3.8, 4) is 5.75 Å². The highest BCUT2D eigenvalue weighted by molar-refractivity contribution is 7.92. The number of hydrogen-bond donors (Lipinski definition) is 2. The zero-order valence-electron chi connectivity index (χ0n) is 15.7. The molecule has 0 radical (unpaired) electrons. The van der Waals surface area contributed by atoms with Gasteiger partial charge in [-0.3, -0.25) is 9.52 Å². The second-order valence-corrected chi connectivity index (χ2v) is 7.87. The molecule has 0 aliphatic heterocycles. The molecule has 2 N–H and O–H groups in total. The summed E-state index contributed by atoms with van der Waals surface area (Å²) < 4.78 is 37.6. The molecule has 0 saturated carbocycles. The van der Waals surface area contributed by atoms with Crippen molar-refractivity contribution in [3.05, 3.63) is 53.1 Å². The third-order valence-electron chi connectivity index (χ3n) is 3.79. The Morgan fingerprint density at radius 2 is 1.86 bits per heavy atom. The average molecular weight is 427 g/mol. The fraction of sp³-hybridized carbons (Fsp3) is 0.316. The van der Waals surface area contributed by atoms with Crippen LogP contribution >= 0.6 is 11.6 Å². The van der Waals surface area contributed by atoms with Gasteiger partial charge in [-0.1, -0.05) is 11.6 Å². The number of carbonyl (C=O) groups excluding carboxylic acids is 1. The number of benzene rings is 2. The van der Waals surface area contributed by atoms with E-state index in [1.165, 1.54) is 37.4 Å². The number of nitrogens with one attached hydrogen (secondary N) is 2. The van der Waals surface area contributed by atoms with E-state index in [0.717, 1.165) is 0 Å². The van der Waals surface area contributed by atoms with E-state index in [4.69, 9.17) is 21.1 Å². The molecule has 0 heterocycles. The second-order valence-electron chi connectivity index (χ2n) is 5.78. The number of sulfonamides is 1. The van der Waals surface area contributed by atoms with Crippen LogP contribution in [0.1, 0.15) is 23.7 Å². The van der Waals surface area contributed by atoms with Crippen molar-refractivity contribution in [3.63, 3.8) is 0 Å². The lowest BCUT2D eigenvalue weighted by molar-refractivity contribution is 0.0944. The first-order chi connectivity index (χ1) is 13.4. The molecule has 0 aliphatic rings. The SMILES string of the molecule is CCOCCCNC(=O)c1ccc(NS(=O)(=O)c2ccc(OC)cc2)cc1Cl. The van der Waals surface area contributed by atoms with Crippen LogP contribution < -0.4 is 14.8 Å². The Hall–Kier alpha value is -2.29. The molecule has 0 spiro atoms. The van der Waals surface area contributed by atoms with E-state index in [-0.39, 0.29) is 27.1 Å². The van der Waals surface area contributed by atoms with Gasteiger partial charge in [-0.15, -0.1) is 0 Å². The lowest BCUT2D eigenvalue weighted by Crippen LogP contribution is -2.25. The smallest absolute Gasteiger partial charge is 0.261 e. The van der Waals surface area contributed by atoms with Crippen molar-refractivity contribution in [1.29, 1.82) is 0 Å². The summed E-state index contributed by atoms with van der Waals surface area (Å²) in [5.41, 5.74) is 0.527. The molecule has 1 amide bonds. The zero-order valence-corrected chi connectivity index (χ0v) is 17.3. The Labute approximate surface area is 170 Å². The van der Waals surface area contributed by atoms with Crippen LogP contribution in [-0.2, 0) is 14.8 Å². The molecule has 0 saturated heterocycles. The topological polar surface area (TPSA) is 93.7 Å². The minimum Gasteiger partial charge on any atom is -0.497 e. The molecule has 0 fully saturated rings. The van der Waals surface area contributed by atoms with Gasteiger partial charge in [0.2, 0.25) is 0 Å². The molecule has 7 nitrogen and oxygen atoms in total. The molecule has 28 heavy (non-hydrogen) atoms. The molecule has 2 aromatic rings. The Bertz CT molecular complexity index is 901. The molecule has 2 aromatic carbocycles. The maximum Gasteiger partial charge on any atom is 0.261 e. The first kappa shape index (κ1) is 22.0. The predicted octanol–water partition coefficient (Wildman–Crippen LogP) is 3.31. The molecule has 9 heteroatoms. The maximum atomic E-state index is 12.5. The summed E-state index contributed by atoms with van der Waals surface area (Å²) in [4.78, 5) is 12.3. The van der Waals surface area contributed by atoms with Gasteiger partial charge >= 0.3 is 0 Å². The molecule has 0 bridgehead atoms. The molecule has 0 unspecified atom stereocenters. The summed E-state index contributed by atoms with van der Waals surface area (Å²) in [6.07, 6.45) is 0.691. The Balaban J connectivity index is 2.03. The van der Waals surface area contributed by atoms with Crippen LogP contribution in [0.5, 0.6) is 5.75 Å². The van der Waals surface area contributed by atoms with Crippen molar-refractivity contribution < 1.29 is 22.7 Å². The zero-order chi connectivity index (χ0) is 20.6. The number of carbonyl (C=O) groups is 1.